The summed E-state index contributed by atoms with van der Waals surface area (Å²) < 4.78 is 0. The maximum atomic E-state index is 9.55. The van der Waals surface area contributed by atoms with E-state index >= 15 is 0 Å². The van der Waals surface area contributed by atoms with Crippen molar-refractivity contribution in [1.82, 2.24) is 20.5 Å². The molecule has 0 aliphatic rings. The topological polar surface area (TPSA) is 114 Å². The van der Waals surface area contributed by atoms with Crippen LogP contribution >= 0.6 is 0 Å². The molecule has 0 aliphatic heterocycles. The molecule has 2 rings (SSSR count). The van der Waals surface area contributed by atoms with Crippen molar-refractivity contribution < 1.29 is 15.3 Å². The van der Waals surface area contributed by atoms with Gasteiger partial charge in [0.05, 0.1) is 6.54 Å². The van der Waals surface area contributed by atoms with Gasteiger partial charge in [0.2, 0.25) is 5.75 Å². The maximum absolute atomic E-state index is 9.55. The molecular formula is C10H12N4O3. The Morgan fingerprint density at radius 3 is 2.65 bits per heavy atom. The first-order valence-corrected chi connectivity index (χ1v) is 4.96. The lowest BCUT2D eigenvalue weighted by Crippen LogP contribution is -2.13. The van der Waals surface area contributed by atoms with Crippen molar-refractivity contribution in [3.05, 3.63) is 29.8 Å². The fraction of sp³-hybridized carbons (Fsp3) is 0.200. The Bertz CT molecular complexity index is 499. The molecule has 90 valence electrons. The molecule has 0 radical (unpaired) electrons. The molecule has 0 aliphatic carbocycles. The highest BCUT2D eigenvalue weighted by Gasteiger charge is 2.10. The Morgan fingerprint density at radius 2 is 1.94 bits per heavy atom. The summed E-state index contributed by atoms with van der Waals surface area (Å²) in [5.41, 5.74) is 0.486. The van der Waals surface area contributed by atoms with Gasteiger partial charge in [-0.15, -0.1) is 0 Å². The monoisotopic (exact) mass is 236 g/mol. The average Bonchev–Trinajstić information content (AvgIpc) is 2.82. The van der Waals surface area contributed by atoms with Crippen LogP contribution < -0.4 is 5.32 Å². The van der Waals surface area contributed by atoms with E-state index in [1.54, 1.807) is 0 Å². The summed E-state index contributed by atoms with van der Waals surface area (Å²) in [4.78, 5) is 3.92. The highest BCUT2D eigenvalue weighted by molar-refractivity contribution is 5.52. The third kappa shape index (κ3) is 2.45. The van der Waals surface area contributed by atoms with Gasteiger partial charge < -0.3 is 20.6 Å². The number of nitrogens with one attached hydrogen (secondary N) is 2. The summed E-state index contributed by atoms with van der Waals surface area (Å²) in [6.07, 6.45) is 1.40. The van der Waals surface area contributed by atoms with Gasteiger partial charge in [-0.2, -0.15) is 5.10 Å². The van der Waals surface area contributed by atoms with Crippen molar-refractivity contribution in [2.24, 2.45) is 0 Å². The molecule has 1 aromatic carbocycles. The van der Waals surface area contributed by atoms with Crippen molar-refractivity contribution in [2.75, 3.05) is 0 Å². The zero-order valence-electron chi connectivity index (χ0n) is 8.88. The average molecular weight is 236 g/mol. The SMILES string of the molecule is Oc1ccc(CNCc2ncn[nH]2)c(O)c1O. The number of H-pyrrole nitrogens is 1. The van der Waals surface area contributed by atoms with Gasteiger partial charge in [0.1, 0.15) is 12.2 Å². The maximum Gasteiger partial charge on any atom is 0.200 e. The predicted octanol–water partition coefficient (Wildman–Crippen LogP) is 0.211. The molecule has 1 heterocycles. The van der Waals surface area contributed by atoms with Crippen LogP contribution in [0, 0.1) is 0 Å². The predicted molar refractivity (Wildman–Crippen MR) is 58.4 cm³/mol. The molecule has 0 fully saturated rings. The third-order valence-electron chi connectivity index (χ3n) is 2.29. The molecule has 0 spiro atoms. The molecule has 1 aromatic heterocycles. The molecule has 0 saturated carbocycles. The van der Waals surface area contributed by atoms with Crippen LogP contribution in [0.5, 0.6) is 17.2 Å². The number of hydrogen-bond donors (Lipinski definition) is 5. The summed E-state index contributed by atoms with van der Waals surface area (Å²) in [6, 6.07) is 2.85. The Hall–Kier alpha value is -2.28. The second kappa shape index (κ2) is 4.71. The van der Waals surface area contributed by atoms with Crippen LogP contribution in [0.15, 0.2) is 18.5 Å². The van der Waals surface area contributed by atoms with Gasteiger partial charge in [0.25, 0.3) is 0 Å². The zero-order valence-corrected chi connectivity index (χ0v) is 8.88. The molecule has 0 unspecified atom stereocenters. The van der Waals surface area contributed by atoms with Gasteiger partial charge in [-0.3, -0.25) is 5.10 Å². The van der Waals surface area contributed by atoms with Gasteiger partial charge in [0.15, 0.2) is 11.5 Å². The second-order valence-corrected chi connectivity index (χ2v) is 3.48. The smallest absolute Gasteiger partial charge is 0.200 e. The van der Waals surface area contributed by atoms with Crippen molar-refractivity contribution in [3.8, 4) is 17.2 Å². The van der Waals surface area contributed by atoms with E-state index in [2.05, 4.69) is 20.5 Å². The fourth-order valence-electron chi connectivity index (χ4n) is 1.38. The van der Waals surface area contributed by atoms with Crippen LogP contribution in [0.4, 0.5) is 0 Å². The van der Waals surface area contributed by atoms with E-state index in [0.717, 1.165) is 0 Å². The lowest BCUT2D eigenvalue weighted by Gasteiger charge is -2.07. The van der Waals surface area contributed by atoms with Crippen LogP contribution in [-0.4, -0.2) is 30.5 Å². The van der Waals surface area contributed by atoms with Crippen molar-refractivity contribution in [3.63, 3.8) is 0 Å². The van der Waals surface area contributed by atoms with Gasteiger partial charge in [-0.25, -0.2) is 4.98 Å². The highest BCUT2D eigenvalue weighted by Crippen LogP contribution is 2.36. The summed E-state index contributed by atoms with van der Waals surface area (Å²) in [7, 11) is 0. The molecule has 7 nitrogen and oxygen atoms in total. The minimum atomic E-state index is -0.510. The van der Waals surface area contributed by atoms with E-state index in [4.69, 9.17) is 5.11 Å². The quantitative estimate of drug-likeness (QED) is 0.485. The minimum Gasteiger partial charge on any atom is -0.504 e. The molecule has 7 heteroatoms. The lowest BCUT2D eigenvalue weighted by atomic mass is 10.1. The van der Waals surface area contributed by atoms with Crippen LogP contribution in [0.1, 0.15) is 11.4 Å². The Kier molecular flexibility index (Phi) is 3.10. The normalized spacial score (nSPS) is 10.6. The first-order valence-electron chi connectivity index (χ1n) is 4.96. The van der Waals surface area contributed by atoms with Crippen molar-refractivity contribution >= 4 is 0 Å². The van der Waals surface area contributed by atoms with Crippen LogP contribution in [-0.2, 0) is 13.1 Å². The molecule has 0 saturated heterocycles. The minimum absolute atomic E-state index is 0.324. The van der Waals surface area contributed by atoms with E-state index in [1.165, 1.54) is 18.5 Å². The number of aromatic hydroxyl groups is 3. The molecule has 0 amide bonds. The zero-order chi connectivity index (χ0) is 12.3. The number of aromatic nitrogens is 3. The summed E-state index contributed by atoms with van der Waals surface area (Å²) in [5.74, 6) is -0.506. The van der Waals surface area contributed by atoms with E-state index in [1.807, 2.05) is 0 Å². The van der Waals surface area contributed by atoms with Crippen LogP contribution in [0.2, 0.25) is 0 Å². The van der Waals surface area contributed by atoms with Crippen LogP contribution in [0.25, 0.3) is 0 Å². The summed E-state index contributed by atoms with van der Waals surface area (Å²) >= 11 is 0. The Balaban J connectivity index is 1.97. The number of phenolic OH excluding ortho intramolecular Hbond substituents is 3. The first kappa shape index (κ1) is 11.2. The van der Waals surface area contributed by atoms with Gasteiger partial charge in [-0.05, 0) is 6.07 Å². The Morgan fingerprint density at radius 1 is 1.12 bits per heavy atom. The largest absolute Gasteiger partial charge is 0.504 e. The van der Waals surface area contributed by atoms with Gasteiger partial charge in [-0.1, -0.05) is 6.07 Å². The van der Waals surface area contributed by atoms with E-state index in [9.17, 15) is 10.2 Å². The van der Waals surface area contributed by atoms with E-state index < -0.39 is 5.75 Å². The third-order valence-corrected chi connectivity index (χ3v) is 2.29. The Labute approximate surface area is 96.8 Å². The lowest BCUT2D eigenvalue weighted by molar-refractivity contribution is 0.364. The molecule has 0 bridgehead atoms. The number of aromatic amines is 1. The molecular weight excluding hydrogens is 224 g/mol. The van der Waals surface area contributed by atoms with Crippen molar-refractivity contribution in [1.29, 1.82) is 0 Å². The molecule has 5 N–H and O–H groups in total. The summed E-state index contributed by atoms with van der Waals surface area (Å²) in [6.45, 7) is 0.793. The number of hydrogen-bond acceptors (Lipinski definition) is 6. The molecule has 2 aromatic rings. The number of benzene rings is 1. The van der Waals surface area contributed by atoms with E-state index in [0.29, 0.717) is 24.5 Å². The second-order valence-electron chi connectivity index (χ2n) is 3.48. The molecule has 0 atom stereocenters. The number of phenols is 3. The molecule has 17 heavy (non-hydrogen) atoms. The van der Waals surface area contributed by atoms with Crippen LogP contribution in [0.3, 0.4) is 0 Å². The number of nitrogens with zero attached hydrogens (tertiary/aromatic N) is 2. The summed E-state index contributed by atoms with van der Waals surface area (Å²) in [5, 5.41) is 37.4. The van der Waals surface area contributed by atoms with Crippen molar-refractivity contribution in [2.45, 2.75) is 13.1 Å². The van der Waals surface area contributed by atoms with Gasteiger partial charge >= 0.3 is 0 Å². The van der Waals surface area contributed by atoms with Gasteiger partial charge in [0, 0.05) is 12.1 Å². The number of rotatable bonds is 4. The standard InChI is InChI=1S/C10H12N4O3/c15-7-2-1-6(9(16)10(7)17)3-11-4-8-12-5-13-14-8/h1-2,5,11,15-17H,3-4H2,(H,12,13,14). The fourth-order valence-corrected chi connectivity index (χ4v) is 1.38. The van der Waals surface area contributed by atoms with E-state index in [-0.39, 0.29) is 11.5 Å². The highest BCUT2D eigenvalue weighted by atomic mass is 16.3. The first-order chi connectivity index (χ1) is 8.18.